The average molecular weight is 358 g/mol. The van der Waals surface area contributed by atoms with Gasteiger partial charge in [0.25, 0.3) is 0 Å². The van der Waals surface area contributed by atoms with Crippen LogP contribution in [0.2, 0.25) is 0 Å². The van der Waals surface area contributed by atoms with Crippen LogP contribution in [0, 0.1) is 0 Å². The lowest BCUT2D eigenvalue weighted by Gasteiger charge is -2.26. The van der Waals surface area contributed by atoms with Gasteiger partial charge in [0.1, 0.15) is 0 Å². The zero-order chi connectivity index (χ0) is 18.2. The van der Waals surface area contributed by atoms with Crippen LogP contribution in [0.3, 0.4) is 0 Å². The van der Waals surface area contributed by atoms with Gasteiger partial charge in [-0.3, -0.25) is 0 Å². The first-order valence-electron chi connectivity index (χ1n) is 7.76. The van der Waals surface area contributed by atoms with E-state index in [0.717, 1.165) is 11.9 Å². The van der Waals surface area contributed by atoms with Gasteiger partial charge in [0.15, 0.2) is 0 Å². The van der Waals surface area contributed by atoms with Crippen molar-refractivity contribution in [2.75, 3.05) is 10.7 Å². The van der Waals surface area contributed by atoms with Crippen LogP contribution in [0.25, 0.3) is 10.9 Å². The van der Waals surface area contributed by atoms with E-state index in [4.69, 9.17) is 0 Å². The quantitative estimate of drug-likeness (QED) is 0.760. The third kappa shape index (κ3) is 3.10. The highest BCUT2D eigenvalue weighted by atomic mass is 32.2. The molecular formula is C18H18N2O4S. The lowest BCUT2D eigenvalue weighted by molar-refractivity contribution is 0.0697. The predicted octanol–water partition coefficient (Wildman–Crippen LogP) is 3.13. The predicted molar refractivity (Wildman–Crippen MR) is 97.4 cm³/mol. The number of aromatic carboxylic acids is 1. The van der Waals surface area contributed by atoms with Crippen molar-refractivity contribution < 1.29 is 18.3 Å². The molecule has 25 heavy (non-hydrogen) atoms. The Labute approximate surface area is 145 Å². The van der Waals surface area contributed by atoms with Crippen molar-refractivity contribution in [3.05, 3.63) is 65.9 Å². The van der Waals surface area contributed by atoms with Crippen LogP contribution in [0.1, 0.15) is 23.0 Å². The second-order valence-electron chi connectivity index (χ2n) is 5.72. The lowest BCUT2D eigenvalue weighted by atomic mass is 10.1. The van der Waals surface area contributed by atoms with Crippen molar-refractivity contribution in [2.24, 2.45) is 0 Å². The molecule has 130 valence electrons. The van der Waals surface area contributed by atoms with Gasteiger partial charge < -0.3 is 5.11 Å². The Bertz CT molecular complexity index is 1040. The van der Waals surface area contributed by atoms with E-state index in [9.17, 15) is 18.3 Å². The summed E-state index contributed by atoms with van der Waals surface area (Å²) in [6, 6.07) is 15.3. The Kier molecular flexibility index (Phi) is 4.26. The molecule has 1 aromatic heterocycles. The molecule has 0 unspecified atom stereocenters. The molecule has 0 amide bonds. The molecule has 0 spiro atoms. The maximum atomic E-state index is 12.5. The summed E-state index contributed by atoms with van der Waals surface area (Å²) in [4.78, 5) is 11.2. The molecule has 3 rings (SSSR count). The summed E-state index contributed by atoms with van der Waals surface area (Å²) in [6.07, 6.45) is 1.74. The number of sulfonamides is 1. The molecule has 6 nitrogen and oxygen atoms in total. The van der Waals surface area contributed by atoms with Crippen LogP contribution >= 0.6 is 0 Å². The minimum absolute atomic E-state index is 0.165. The number of hydrogen-bond donors (Lipinski definition) is 1. The first-order chi connectivity index (χ1) is 11.8. The Morgan fingerprint density at radius 2 is 1.80 bits per heavy atom. The van der Waals surface area contributed by atoms with Crippen LogP contribution in [0.5, 0.6) is 0 Å². The summed E-state index contributed by atoms with van der Waals surface area (Å²) < 4.78 is 27.9. The van der Waals surface area contributed by atoms with E-state index in [-0.39, 0.29) is 5.56 Å². The molecule has 2 aromatic carbocycles. The Morgan fingerprint density at radius 3 is 2.36 bits per heavy atom. The Morgan fingerprint density at radius 1 is 1.12 bits per heavy atom. The smallest absolute Gasteiger partial charge is 0.335 e. The summed E-state index contributed by atoms with van der Waals surface area (Å²) in [5, 5.41) is 9.86. The number of benzene rings is 2. The van der Waals surface area contributed by atoms with Gasteiger partial charge in [-0.2, -0.15) is 4.41 Å². The number of nitrogens with zero attached hydrogens (tertiary/aromatic N) is 2. The van der Waals surface area contributed by atoms with E-state index in [1.54, 1.807) is 41.1 Å². The fourth-order valence-electron chi connectivity index (χ4n) is 2.87. The summed E-state index contributed by atoms with van der Waals surface area (Å²) in [5.74, 6) is -1.02. The van der Waals surface area contributed by atoms with E-state index in [0.29, 0.717) is 23.0 Å². The normalized spacial score (nSPS) is 11.6. The van der Waals surface area contributed by atoms with Crippen molar-refractivity contribution >= 4 is 32.6 Å². The van der Waals surface area contributed by atoms with Crippen LogP contribution in [0.15, 0.2) is 54.6 Å². The maximum absolute atomic E-state index is 12.5. The number of aryl methyl sites for hydroxylation is 1. The Hall–Kier alpha value is -2.80. The van der Waals surface area contributed by atoms with Crippen LogP contribution in [0.4, 0.5) is 5.69 Å². The van der Waals surface area contributed by atoms with Crippen molar-refractivity contribution in [1.29, 1.82) is 0 Å². The van der Waals surface area contributed by atoms with E-state index in [1.165, 1.54) is 10.5 Å². The first kappa shape index (κ1) is 17.0. The molecule has 1 heterocycles. The molecule has 0 aliphatic rings. The minimum atomic E-state index is -3.61. The molecule has 0 atom stereocenters. The molecule has 0 aliphatic carbocycles. The van der Waals surface area contributed by atoms with Gasteiger partial charge in [-0.25, -0.2) is 17.9 Å². The number of aromatic nitrogens is 1. The number of para-hydroxylation sites is 1. The topological polar surface area (TPSA) is 79.6 Å². The number of fused-ring (bicyclic) bond motifs is 1. The van der Waals surface area contributed by atoms with Gasteiger partial charge in [-0.1, -0.05) is 25.1 Å². The number of carboxylic acid groups (broad SMARTS) is 1. The highest BCUT2D eigenvalue weighted by Gasteiger charge is 2.24. The molecule has 3 aromatic rings. The molecule has 7 heteroatoms. The molecule has 0 fully saturated rings. The van der Waals surface area contributed by atoms with Crippen molar-refractivity contribution in [2.45, 2.75) is 13.3 Å². The highest BCUT2D eigenvalue weighted by Crippen LogP contribution is 2.28. The van der Waals surface area contributed by atoms with Crippen LogP contribution < -0.4 is 4.41 Å². The van der Waals surface area contributed by atoms with E-state index < -0.39 is 16.0 Å². The van der Waals surface area contributed by atoms with E-state index in [2.05, 4.69) is 0 Å². The van der Waals surface area contributed by atoms with Gasteiger partial charge in [0.2, 0.25) is 10.0 Å². The minimum Gasteiger partial charge on any atom is -0.478 e. The average Bonchev–Trinajstić information content (AvgIpc) is 2.92. The zero-order valence-corrected chi connectivity index (χ0v) is 14.7. The monoisotopic (exact) mass is 358 g/mol. The SMILES string of the molecule is CCc1cc2cc(C(=O)O)ccc2n1N(c1ccccc1)S(C)(=O)=O. The fraction of sp³-hybridized carbons (Fsp3) is 0.167. The van der Waals surface area contributed by atoms with Gasteiger partial charge in [0.05, 0.1) is 23.0 Å². The standard InChI is InChI=1S/C18H18N2O4S/c1-3-15-12-14-11-13(18(21)22)9-10-17(14)19(15)20(25(2,23)24)16-7-5-4-6-8-16/h4-12H,3H2,1-2H3,(H,21,22). The third-order valence-electron chi connectivity index (χ3n) is 3.93. The van der Waals surface area contributed by atoms with Crippen molar-refractivity contribution in [3.63, 3.8) is 0 Å². The third-order valence-corrected chi connectivity index (χ3v) is 4.93. The summed E-state index contributed by atoms with van der Waals surface area (Å²) in [7, 11) is -3.61. The second kappa shape index (κ2) is 6.25. The Balaban J connectivity index is 2.33. The summed E-state index contributed by atoms with van der Waals surface area (Å²) >= 11 is 0. The maximum Gasteiger partial charge on any atom is 0.335 e. The first-order valence-corrected chi connectivity index (χ1v) is 9.61. The number of rotatable bonds is 5. The van der Waals surface area contributed by atoms with Gasteiger partial charge in [-0.15, -0.1) is 0 Å². The van der Waals surface area contributed by atoms with Crippen LogP contribution in [-0.4, -0.2) is 30.4 Å². The molecule has 0 radical (unpaired) electrons. The number of anilines is 1. The second-order valence-corrected chi connectivity index (χ2v) is 7.53. The van der Waals surface area contributed by atoms with Crippen molar-refractivity contribution in [3.8, 4) is 0 Å². The van der Waals surface area contributed by atoms with Crippen LogP contribution in [-0.2, 0) is 16.4 Å². The molecule has 1 N–H and O–H groups in total. The summed E-state index contributed by atoms with van der Waals surface area (Å²) in [5.41, 5.74) is 2.08. The molecular weight excluding hydrogens is 340 g/mol. The van der Waals surface area contributed by atoms with E-state index in [1.807, 2.05) is 19.1 Å². The number of carboxylic acids is 1. The molecule has 0 aliphatic heterocycles. The fourth-order valence-corrected chi connectivity index (χ4v) is 3.86. The number of hydrogen-bond acceptors (Lipinski definition) is 3. The molecule has 0 saturated carbocycles. The molecule has 0 bridgehead atoms. The zero-order valence-electron chi connectivity index (χ0n) is 13.9. The van der Waals surface area contributed by atoms with Gasteiger partial charge in [-0.05, 0) is 42.8 Å². The highest BCUT2D eigenvalue weighted by molar-refractivity contribution is 7.92. The van der Waals surface area contributed by atoms with Crippen molar-refractivity contribution in [1.82, 2.24) is 4.68 Å². The van der Waals surface area contributed by atoms with E-state index >= 15 is 0 Å². The summed E-state index contributed by atoms with van der Waals surface area (Å²) in [6.45, 7) is 1.92. The van der Waals surface area contributed by atoms with Gasteiger partial charge >= 0.3 is 5.97 Å². The number of carbonyl (C=O) groups is 1. The molecule has 0 saturated heterocycles. The largest absolute Gasteiger partial charge is 0.478 e. The lowest BCUT2D eigenvalue weighted by Crippen LogP contribution is -2.36. The van der Waals surface area contributed by atoms with Gasteiger partial charge in [0, 0.05) is 11.1 Å².